The van der Waals surface area contributed by atoms with E-state index in [0.717, 1.165) is 42.6 Å². The zero-order valence-corrected chi connectivity index (χ0v) is 20.3. The number of nitrogens with one attached hydrogen (secondary N) is 1. The number of hydrogen-bond donors (Lipinski definition) is 1. The predicted molar refractivity (Wildman–Crippen MR) is 132 cm³/mol. The molecule has 4 rings (SSSR count). The van der Waals surface area contributed by atoms with Crippen LogP contribution in [0.3, 0.4) is 0 Å². The Labute approximate surface area is 200 Å². The lowest BCUT2D eigenvalue weighted by atomic mass is 9.95. The minimum atomic E-state index is -0.127. The molecule has 0 atom stereocenters. The Kier molecular flexibility index (Phi) is 6.92. The highest BCUT2D eigenvalue weighted by Crippen LogP contribution is 2.33. The summed E-state index contributed by atoms with van der Waals surface area (Å²) >= 11 is 12.7. The molecule has 0 radical (unpaired) electrons. The van der Waals surface area contributed by atoms with Crippen molar-refractivity contribution in [2.75, 3.05) is 0 Å². The fourth-order valence-corrected chi connectivity index (χ4v) is 4.89. The maximum Gasteiger partial charge on any atom is 0.272 e. The van der Waals surface area contributed by atoms with E-state index in [2.05, 4.69) is 43.4 Å². The van der Waals surface area contributed by atoms with Gasteiger partial charge in [0.25, 0.3) is 5.91 Å². The molecule has 32 heavy (non-hydrogen) atoms. The van der Waals surface area contributed by atoms with E-state index >= 15 is 0 Å². The average Bonchev–Trinajstić information content (AvgIpc) is 3.11. The normalized spacial score (nSPS) is 14.7. The van der Waals surface area contributed by atoms with Gasteiger partial charge in [-0.2, -0.15) is 0 Å². The van der Waals surface area contributed by atoms with Crippen LogP contribution in [0.4, 0.5) is 0 Å². The first-order valence-electron chi connectivity index (χ1n) is 11.3. The Bertz CT molecular complexity index is 1110. The van der Waals surface area contributed by atoms with Gasteiger partial charge in [0.2, 0.25) is 0 Å². The molecule has 1 saturated carbocycles. The molecule has 168 valence electrons. The zero-order chi connectivity index (χ0) is 22.8. The predicted octanol–water partition coefficient (Wildman–Crippen LogP) is 7.34. The number of halogens is 2. The molecule has 1 N–H and O–H groups in total. The maximum atomic E-state index is 13.2. The third kappa shape index (κ3) is 4.72. The van der Waals surface area contributed by atoms with Gasteiger partial charge in [0.1, 0.15) is 11.5 Å². The van der Waals surface area contributed by atoms with Gasteiger partial charge in [-0.15, -0.1) is 0 Å². The van der Waals surface area contributed by atoms with Crippen LogP contribution in [-0.4, -0.2) is 21.5 Å². The quantitative estimate of drug-likeness (QED) is 0.424. The highest BCUT2D eigenvalue weighted by molar-refractivity contribution is 6.36. The number of imidazole rings is 1. The van der Waals surface area contributed by atoms with E-state index < -0.39 is 0 Å². The summed E-state index contributed by atoms with van der Waals surface area (Å²) in [5.41, 5.74) is 4.16. The molecule has 0 unspecified atom stereocenters. The van der Waals surface area contributed by atoms with Crippen molar-refractivity contribution in [1.82, 2.24) is 14.9 Å². The van der Waals surface area contributed by atoms with Crippen LogP contribution < -0.4 is 5.32 Å². The summed E-state index contributed by atoms with van der Waals surface area (Å²) in [5.74, 6) is 0.948. The number of carbonyl (C=O) groups excluding carboxylic acids is 1. The smallest absolute Gasteiger partial charge is 0.272 e. The van der Waals surface area contributed by atoms with Gasteiger partial charge in [-0.05, 0) is 61.6 Å². The molecule has 0 spiro atoms. The van der Waals surface area contributed by atoms with Gasteiger partial charge in [0.15, 0.2) is 0 Å². The fourth-order valence-electron chi connectivity index (χ4n) is 4.39. The second kappa shape index (κ2) is 9.68. The van der Waals surface area contributed by atoms with Gasteiger partial charge in [-0.1, -0.05) is 68.4 Å². The van der Waals surface area contributed by atoms with Gasteiger partial charge in [-0.25, -0.2) is 4.98 Å². The Morgan fingerprint density at radius 2 is 1.75 bits per heavy atom. The van der Waals surface area contributed by atoms with Gasteiger partial charge >= 0.3 is 0 Å². The molecule has 2 aromatic carbocycles. The van der Waals surface area contributed by atoms with Crippen LogP contribution in [0, 0.1) is 6.92 Å². The average molecular weight is 470 g/mol. The molecule has 0 bridgehead atoms. The maximum absolute atomic E-state index is 13.2. The fraction of sp³-hybridized carbons (Fsp3) is 0.385. The largest absolute Gasteiger partial charge is 0.348 e. The third-order valence-electron chi connectivity index (χ3n) is 6.25. The second-order valence-electron chi connectivity index (χ2n) is 8.88. The summed E-state index contributed by atoms with van der Waals surface area (Å²) in [6, 6.07) is 13.9. The number of rotatable bonds is 5. The van der Waals surface area contributed by atoms with E-state index in [4.69, 9.17) is 28.2 Å². The summed E-state index contributed by atoms with van der Waals surface area (Å²) in [6.45, 7) is 6.28. The van der Waals surface area contributed by atoms with Crippen LogP contribution in [-0.2, 0) is 0 Å². The van der Waals surface area contributed by atoms with Crippen molar-refractivity contribution in [2.24, 2.45) is 0 Å². The molecule has 1 heterocycles. The molecule has 4 nitrogen and oxygen atoms in total. The summed E-state index contributed by atoms with van der Waals surface area (Å²) in [4.78, 5) is 18.0. The Hall–Kier alpha value is -2.30. The van der Waals surface area contributed by atoms with Crippen LogP contribution in [0.25, 0.3) is 17.1 Å². The van der Waals surface area contributed by atoms with E-state index in [1.807, 2.05) is 17.6 Å². The van der Waals surface area contributed by atoms with Crippen molar-refractivity contribution >= 4 is 29.1 Å². The monoisotopic (exact) mass is 469 g/mol. The van der Waals surface area contributed by atoms with Crippen LogP contribution in [0.1, 0.15) is 73.6 Å². The minimum Gasteiger partial charge on any atom is -0.348 e. The first kappa shape index (κ1) is 22.9. The van der Waals surface area contributed by atoms with Crippen molar-refractivity contribution in [1.29, 1.82) is 0 Å². The van der Waals surface area contributed by atoms with Gasteiger partial charge < -0.3 is 5.32 Å². The van der Waals surface area contributed by atoms with Gasteiger partial charge in [0, 0.05) is 22.3 Å². The Balaban J connectivity index is 1.79. The summed E-state index contributed by atoms with van der Waals surface area (Å²) < 4.78 is 2.01. The number of carbonyl (C=O) groups is 1. The van der Waals surface area contributed by atoms with Crippen LogP contribution >= 0.6 is 23.2 Å². The zero-order valence-electron chi connectivity index (χ0n) is 18.8. The first-order valence-corrected chi connectivity index (χ1v) is 12.1. The lowest BCUT2D eigenvalue weighted by molar-refractivity contribution is 0.0922. The number of amides is 1. The lowest BCUT2D eigenvalue weighted by Gasteiger charge is -2.22. The van der Waals surface area contributed by atoms with Crippen LogP contribution in [0.5, 0.6) is 0 Å². The Morgan fingerprint density at radius 1 is 1.06 bits per heavy atom. The molecule has 1 aliphatic rings. The van der Waals surface area contributed by atoms with E-state index in [9.17, 15) is 4.79 Å². The molecular formula is C26H29Cl2N3O. The molecule has 3 aromatic rings. The van der Waals surface area contributed by atoms with Crippen LogP contribution in [0.2, 0.25) is 10.0 Å². The van der Waals surface area contributed by atoms with Crippen molar-refractivity contribution in [3.05, 3.63) is 69.5 Å². The van der Waals surface area contributed by atoms with E-state index in [1.54, 1.807) is 12.1 Å². The SMILES string of the molecule is Cc1c(C(=O)NC2CCCCC2)nc(-c2ccc(Cl)cc2Cl)n1-c1ccc(C(C)C)cc1. The van der Waals surface area contributed by atoms with Gasteiger partial charge in [0.05, 0.1) is 10.7 Å². The van der Waals surface area contributed by atoms with E-state index in [1.165, 1.54) is 12.0 Å². The molecule has 6 heteroatoms. The molecular weight excluding hydrogens is 441 g/mol. The molecule has 0 aliphatic heterocycles. The molecule has 1 aromatic heterocycles. The number of benzene rings is 2. The molecule has 0 saturated heterocycles. The summed E-state index contributed by atoms with van der Waals surface area (Å²) in [7, 11) is 0. The second-order valence-corrected chi connectivity index (χ2v) is 9.73. The van der Waals surface area contributed by atoms with Crippen molar-refractivity contribution in [2.45, 2.75) is 64.8 Å². The number of nitrogens with zero attached hydrogens (tertiary/aromatic N) is 2. The highest BCUT2D eigenvalue weighted by Gasteiger charge is 2.25. The molecule has 1 fully saturated rings. The molecule has 1 aliphatic carbocycles. The van der Waals surface area contributed by atoms with E-state index in [0.29, 0.717) is 27.5 Å². The van der Waals surface area contributed by atoms with E-state index in [-0.39, 0.29) is 11.9 Å². The number of aromatic nitrogens is 2. The lowest BCUT2D eigenvalue weighted by Crippen LogP contribution is -2.36. The minimum absolute atomic E-state index is 0.127. The third-order valence-corrected chi connectivity index (χ3v) is 6.80. The topological polar surface area (TPSA) is 46.9 Å². The highest BCUT2D eigenvalue weighted by atomic mass is 35.5. The number of hydrogen-bond acceptors (Lipinski definition) is 2. The van der Waals surface area contributed by atoms with Crippen molar-refractivity contribution in [3.8, 4) is 17.1 Å². The van der Waals surface area contributed by atoms with Crippen molar-refractivity contribution in [3.63, 3.8) is 0 Å². The Morgan fingerprint density at radius 3 is 2.38 bits per heavy atom. The van der Waals surface area contributed by atoms with Crippen LogP contribution in [0.15, 0.2) is 42.5 Å². The summed E-state index contributed by atoms with van der Waals surface area (Å²) in [5, 5.41) is 4.26. The van der Waals surface area contributed by atoms with Crippen molar-refractivity contribution < 1.29 is 4.79 Å². The van der Waals surface area contributed by atoms with Gasteiger partial charge in [-0.3, -0.25) is 9.36 Å². The first-order chi connectivity index (χ1) is 15.3. The summed E-state index contributed by atoms with van der Waals surface area (Å²) in [6.07, 6.45) is 5.61. The standard InChI is InChI=1S/C26H29Cl2N3O/c1-16(2)18-9-12-21(13-10-18)31-17(3)24(26(32)29-20-7-5-4-6-8-20)30-25(31)22-14-11-19(27)15-23(22)28/h9-16,20H,4-8H2,1-3H3,(H,29,32). The molecule has 1 amide bonds.